The summed E-state index contributed by atoms with van der Waals surface area (Å²) < 4.78 is 11.1. The number of hydrogen-bond donors (Lipinski definition) is 4. The van der Waals surface area contributed by atoms with Gasteiger partial charge in [0.2, 0.25) is 23.6 Å². The molecule has 0 aromatic heterocycles. The number of fused-ring (bicyclic) bond motifs is 13. The van der Waals surface area contributed by atoms with Crippen LogP contribution in [-0.4, -0.2) is 91.5 Å². The minimum Gasteiger partial charge on any atom is -0.484 e. The van der Waals surface area contributed by atoms with Gasteiger partial charge in [-0.2, -0.15) is 0 Å². The van der Waals surface area contributed by atoms with Crippen LogP contribution in [0.4, 0.5) is 0 Å². The summed E-state index contributed by atoms with van der Waals surface area (Å²) in [7, 11) is 0. The van der Waals surface area contributed by atoms with Crippen molar-refractivity contribution in [2.24, 2.45) is 5.92 Å². The van der Waals surface area contributed by atoms with Crippen molar-refractivity contribution in [3.63, 3.8) is 0 Å². The highest BCUT2D eigenvalue weighted by atomic mass is 16.5. The van der Waals surface area contributed by atoms with Crippen LogP contribution in [0.15, 0.2) is 54.6 Å². The lowest BCUT2D eigenvalue weighted by atomic mass is 9.99. The smallest absolute Gasteiger partial charge is 0.258 e. The lowest BCUT2D eigenvalue weighted by molar-refractivity contribution is -0.142. The van der Waals surface area contributed by atoms with E-state index < -0.39 is 41.9 Å². The molecule has 2 fully saturated rings. The normalized spacial score (nSPS) is 25.2. The molecule has 46 heavy (non-hydrogen) atoms. The molecule has 2 saturated heterocycles. The summed E-state index contributed by atoms with van der Waals surface area (Å²) in [5, 5.41) is 11.4. The fourth-order valence-electron chi connectivity index (χ4n) is 6.10. The number of hydrogen-bond acceptors (Lipinski definition) is 7. The third kappa shape index (κ3) is 8.84. The van der Waals surface area contributed by atoms with Crippen molar-refractivity contribution in [3.8, 4) is 5.75 Å². The molecule has 2 aromatic carbocycles. The monoisotopic (exact) mass is 633 g/mol. The third-order valence-electron chi connectivity index (χ3n) is 8.78. The van der Waals surface area contributed by atoms with Gasteiger partial charge in [-0.3, -0.25) is 24.0 Å². The Kier molecular flexibility index (Phi) is 11.2. The number of amides is 5. The van der Waals surface area contributed by atoms with E-state index in [9.17, 15) is 24.0 Å². The molecule has 12 nitrogen and oxygen atoms in total. The van der Waals surface area contributed by atoms with Crippen molar-refractivity contribution >= 4 is 29.5 Å². The predicted molar refractivity (Wildman–Crippen MR) is 169 cm³/mol. The van der Waals surface area contributed by atoms with Crippen LogP contribution < -0.4 is 26.0 Å². The molecule has 0 spiro atoms. The predicted octanol–water partition coefficient (Wildman–Crippen LogP) is 0.872. The maximum atomic E-state index is 13.9. The van der Waals surface area contributed by atoms with E-state index in [2.05, 4.69) is 21.3 Å². The number of carbonyl (C=O) groups is 5. The van der Waals surface area contributed by atoms with Gasteiger partial charge < -0.3 is 35.6 Å². The van der Waals surface area contributed by atoms with Crippen LogP contribution in [0.3, 0.4) is 0 Å². The van der Waals surface area contributed by atoms with Crippen molar-refractivity contribution < 1.29 is 33.4 Å². The van der Waals surface area contributed by atoms with Crippen LogP contribution in [0.25, 0.3) is 0 Å². The number of nitrogens with zero attached hydrogens (tertiary/aromatic N) is 1. The van der Waals surface area contributed by atoms with Crippen molar-refractivity contribution in [2.75, 3.05) is 32.9 Å². The molecular weight excluding hydrogens is 590 g/mol. The summed E-state index contributed by atoms with van der Waals surface area (Å²) in [5.74, 6) is -1.41. The first kappa shape index (κ1) is 32.9. The molecule has 6 rings (SSSR count). The third-order valence-corrected chi connectivity index (χ3v) is 8.78. The van der Waals surface area contributed by atoms with Gasteiger partial charge >= 0.3 is 0 Å². The van der Waals surface area contributed by atoms with Crippen molar-refractivity contribution in [1.29, 1.82) is 0 Å². The molecule has 0 radical (unpaired) electrons. The van der Waals surface area contributed by atoms with Crippen LogP contribution in [0.2, 0.25) is 0 Å². The van der Waals surface area contributed by atoms with Crippen LogP contribution >= 0.6 is 0 Å². The second-order valence-corrected chi connectivity index (χ2v) is 12.2. The SMILES string of the molecule is C[C@@H]1NC(=O)[C@H]2CCCN2C(=O)[C@@H](Cc2ccccc2)NC(=O)COc2ccc(cc2)C[C@@H](C(=O)NCC2CCOCC2)NC1=O. The Bertz CT molecular complexity index is 1380. The Morgan fingerprint density at radius 2 is 1.65 bits per heavy atom. The number of benzene rings is 2. The molecule has 2 bridgehead atoms. The number of ether oxygens (including phenoxy) is 2. The van der Waals surface area contributed by atoms with E-state index in [0.29, 0.717) is 50.8 Å². The van der Waals surface area contributed by atoms with Crippen LogP contribution in [-0.2, 0) is 41.6 Å². The molecular formula is C34H43N5O7. The Hall–Kier alpha value is -4.45. The lowest BCUT2D eigenvalue weighted by Crippen LogP contribution is -2.58. The zero-order chi connectivity index (χ0) is 32.5. The van der Waals surface area contributed by atoms with Gasteiger partial charge in [-0.15, -0.1) is 0 Å². The maximum Gasteiger partial charge on any atom is 0.258 e. The molecule has 0 unspecified atom stereocenters. The van der Waals surface area contributed by atoms with Crippen LogP contribution in [0, 0.1) is 5.92 Å². The van der Waals surface area contributed by atoms with E-state index >= 15 is 0 Å². The van der Waals surface area contributed by atoms with Gasteiger partial charge in [-0.25, -0.2) is 0 Å². The fourth-order valence-corrected chi connectivity index (χ4v) is 6.10. The van der Waals surface area contributed by atoms with E-state index in [1.165, 1.54) is 4.90 Å². The quantitative estimate of drug-likeness (QED) is 0.381. The summed E-state index contributed by atoms with van der Waals surface area (Å²) in [6.07, 6.45) is 3.18. The highest BCUT2D eigenvalue weighted by Crippen LogP contribution is 2.21. The summed E-state index contributed by atoms with van der Waals surface area (Å²) in [4.78, 5) is 68.5. The molecule has 5 amide bonds. The molecule has 0 saturated carbocycles. The molecule has 4 aliphatic rings. The molecule has 4 N–H and O–H groups in total. The maximum absolute atomic E-state index is 13.9. The molecule has 4 aliphatic heterocycles. The second kappa shape index (κ2) is 15.7. The number of nitrogens with one attached hydrogen (secondary N) is 4. The first-order valence-electron chi connectivity index (χ1n) is 16.1. The van der Waals surface area contributed by atoms with Crippen molar-refractivity contribution in [1.82, 2.24) is 26.2 Å². The highest BCUT2D eigenvalue weighted by Gasteiger charge is 2.39. The van der Waals surface area contributed by atoms with Gasteiger partial charge in [-0.1, -0.05) is 42.5 Å². The molecule has 0 aliphatic carbocycles. The molecule has 2 aromatic rings. The fraction of sp³-hybridized carbons (Fsp3) is 0.500. The van der Waals surface area contributed by atoms with E-state index in [4.69, 9.17) is 9.47 Å². The summed E-state index contributed by atoms with van der Waals surface area (Å²) in [6, 6.07) is 12.7. The van der Waals surface area contributed by atoms with E-state index in [1.54, 1.807) is 31.2 Å². The Balaban J connectivity index is 1.35. The minimum atomic E-state index is -0.964. The first-order valence-corrected chi connectivity index (χ1v) is 16.1. The summed E-state index contributed by atoms with van der Waals surface area (Å²) >= 11 is 0. The zero-order valence-electron chi connectivity index (χ0n) is 26.2. The van der Waals surface area contributed by atoms with E-state index in [-0.39, 0.29) is 31.3 Å². The standard InChI is InChI=1S/C34H43N5O7/c1-22-31(41)38-27(32(42)35-20-25-13-16-45-17-14-25)18-24-9-11-26(12-10-24)46-21-30(40)37-28(19-23-6-3-2-4-7-23)34(44)39-15-5-8-29(39)33(43)36-22/h2-4,6-7,9-12,22,25,27-29H,5,8,13-21H2,1H3,(H,35,42)(H,36,43)(H,37,40)(H,38,41)/t22-,27-,28+,29+/m0/s1. The van der Waals surface area contributed by atoms with E-state index in [1.807, 2.05) is 30.3 Å². The zero-order valence-corrected chi connectivity index (χ0v) is 26.2. The minimum absolute atomic E-state index is 0.207. The van der Waals surface area contributed by atoms with E-state index in [0.717, 1.165) is 24.0 Å². The van der Waals surface area contributed by atoms with Crippen molar-refractivity contribution in [2.45, 2.75) is 69.6 Å². The molecule has 4 heterocycles. The molecule has 4 atom stereocenters. The van der Waals surface area contributed by atoms with Gasteiger partial charge in [0, 0.05) is 39.1 Å². The lowest BCUT2D eigenvalue weighted by Gasteiger charge is -2.29. The van der Waals surface area contributed by atoms with Gasteiger partial charge in [-0.05, 0) is 61.8 Å². The molecule has 12 heteroatoms. The summed E-state index contributed by atoms with van der Waals surface area (Å²) in [6.45, 7) is 3.38. The highest BCUT2D eigenvalue weighted by molar-refractivity contribution is 5.96. The summed E-state index contributed by atoms with van der Waals surface area (Å²) in [5.41, 5.74) is 1.63. The van der Waals surface area contributed by atoms with Gasteiger partial charge in [0.25, 0.3) is 5.91 Å². The van der Waals surface area contributed by atoms with Crippen LogP contribution in [0.5, 0.6) is 5.75 Å². The number of carbonyl (C=O) groups excluding carboxylic acids is 5. The van der Waals surface area contributed by atoms with Gasteiger partial charge in [0.1, 0.15) is 29.9 Å². The molecule has 246 valence electrons. The average Bonchev–Trinajstić information content (AvgIpc) is 3.57. The van der Waals surface area contributed by atoms with Gasteiger partial charge in [0.15, 0.2) is 6.61 Å². The Morgan fingerprint density at radius 1 is 0.913 bits per heavy atom. The second-order valence-electron chi connectivity index (χ2n) is 12.2. The number of rotatable bonds is 5. The van der Waals surface area contributed by atoms with Crippen molar-refractivity contribution in [3.05, 3.63) is 65.7 Å². The van der Waals surface area contributed by atoms with Crippen LogP contribution in [0.1, 0.15) is 43.7 Å². The first-order chi connectivity index (χ1) is 22.3. The Labute approximate surface area is 268 Å². The topological polar surface area (TPSA) is 155 Å². The largest absolute Gasteiger partial charge is 0.484 e. The average molecular weight is 634 g/mol. The Morgan fingerprint density at radius 3 is 2.39 bits per heavy atom. The van der Waals surface area contributed by atoms with Gasteiger partial charge in [0.05, 0.1) is 0 Å².